The maximum atomic E-state index is 12.7. The Bertz CT molecular complexity index is 769. The molecule has 1 atom stereocenters. The summed E-state index contributed by atoms with van der Waals surface area (Å²) >= 11 is 1.43. The van der Waals surface area contributed by atoms with E-state index in [-0.39, 0.29) is 12.0 Å². The fraction of sp³-hybridized carbons (Fsp3) is 0.632. The van der Waals surface area contributed by atoms with Crippen molar-refractivity contribution in [2.24, 2.45) is 0 Å². The summed E-state index contributed by atoms with van der Waals surface area (Å²) in [4.78, 5) is 25.3. The molecule has 2 aromatic rings. The molecule has 0 radical (unpaired) electrons. The molecule has 2 N–H and O–H groups in total. The highest BCUT2D eigenvalue weighted by molar-refractivity contribution is 7.20. The van der Waals surface area contributed by atoms with Crippen LogP contribution in [0.3, 0.4) is 0 Å². The lowest BCUT2D eigenvalue weighted by molar-refractivity contribution is 0.0952. The average molecular weight is 392 g/mol. The van der Waals surface area contributed by atoms with E-state index in [0.717, 1.165) is 67.2 Å². The van der Waals surface area contributed by atoms with Crippen LogP contribution in [0.15, 0.2) is 6.33 Å². The van der Waals surface area contributed by atoms with E-state index in [1.807, 2.05) is 6.92 Å². The molecule has 1 amide bonds. The summed E-state index contributed by atoms with van der Waals surface area (Å²) in [7, 11) is 0. The van der Waals surface area contributed by atoms with Gasteiger partial charge >= 0.3 is 0 Å². The summed E-state index contributed by atoms with van der Waals surface area (Å²) in [5.74, 6) is 0.749. The molecular weight excluding hydrogens is 362 g/mol. The number of hydrogen-bond acceptors (Lipinski definition) is 7. The van der Waals surface area contributed by atoms with Crippen LogP contribution < -0.4 is 10.6 Å². The van der Waals surface area contributed by atoms with Gasteiger partial charge in [0.15, 0.2) is 0 Å². The van der Waals surface area contributed by atoms with Crippen LogP contribution in [0.2, 0.25) is 0 Å². The lowest BCUT2D eigenvalue weighted by atomic mass is 10.2. The summed E-state index contributed by atoms with van der Waals surface area (Å²) in [6.45, 7) is 11.3. The molecule has 1 unspecified atom stereocenters. The Hall–Kier alpha value is -1.77. The molecule has 3 rings (SSSR count). The second-order valence-corrected chi connectivity index (χ2v) is 7.76. The zero-order chi connectivity index (χ0) is 19.2. The summed E-state index contributed by atoms with van der Waals surface area (Å²) in [6, 6.07) is 0. The largest absolute Gasteiger partial charge is 0.376 e. The average Bonchev–Trinajstić information content (AvgIpc) is 3.32. The number of carbonyl (C=O) groups is 1. The van der Waals surface area contributed by atoms with E-state index in [2.05, 4.69) is 39.3 Å². The topological polar surface area (TPSA) is 79.4 Å². The van der Waals surface area contributed by atoms with Gasteiger partial charge in [-0.2, -0.15) is 0 Å². The molecule has 0 saturated carbocycles. The van der Waals surface area contributed by atoms with Gasteiger partial charge in [0.25, 0.3) is 5.91 Å². The molecule has 0 aliphatic carbocycles. The van der Waals surface area contributed by atoms with Crippen molar-refractivity contribution >= 4 is 33.3 Å². The van der Waals surface area contributed by atoms with Crippen LogP contribution in [0.25, 0.3) is 10.2 Å². The minimum absolute atomic E-state index is 0.0345. The Morgan fingerprint density at radius 1 is 1.37 bits per heavy atom. The Labute approximate surface area is 164 Å². The van der Waals surface area contributed by atoms with Gasteiger partial charge in [-0.1, -0.05) is 13.8 Å². The second kappa shape index (κ2) is 9.43. The van der Waals surface area contributed by atoms with Gasteiger partial charge in [-0.15, -0.1) is 11.3 Å². The number of thiophene rings is 1. The maximum Gasteiger partial charge on any atom is 0.261 e. The van der Waals surface area contributed by atoms with Crippen molar-refractivity contribution in [2.45, 2.75) is 39.7 Å². The van der Waals surface area contributed by atoms with Crippen LogP contribution in [-0.4, -0.2) is 66.2 Å². The molecule has 27 heavy (non-hydrogen) atoms. The van der Waals surface area contributed by atoms with Crippen LogP contribution in [0.4, 0.5) is 5.82 Å². The number of hydrogen-bond donors (Lipinski definition) is 2. The van der Waals surface area contributed by atoms with Crippen LogP contribution in [0.1, 0.15) is 41.9 Å². The second-order valence-electron chi connectivity index (χ2n) is 6.76. The molecule has 1 aliphatic rings. The van der Waals surface area contributed by atoms with Gasteiger partial charge in [-0.05, 0) is 38.4 Å². The van der Waals surface area contributed by atoms with Gasteiger partial charge in [0, 0.05) is 26.2 Å². The Balaban J connectivity index is 1.70. The first-order chi connectivity index (χ1) is 13.1. The van der Waals surface area contributed by atoms with Crippen molar-refractivity contribution in [3.63, 3.8) is 0 Å². The molecule has 1 aliphatic heterocycles. The van der Waals surface area contributed by atoms with Gasteiger partial charge in [-0.3, -0.25) is 4.79 Å². The Morgan fingerprint density at radius 3 is 2.89 bits per heavy atom. The first-order valence-corrected chi connectivity index (χ1v) is 10.6. The van der Waals surface area contributed by atoms with Crippen LogP contribution in [0, 0.1) is 6.92 Å². The van der Waals surface area contributed by atoms with E-state index >= 15 is 0 Å². The lowest BCUT2D eigenvalue weighted by Crippen LogP contribution is -2.34. The van der Waals surface area contributed by atoms with Crippen molar-refractivity contribution in [1.82, 2.24) is 20.2 Å². The molecule has 8 heteroatoms. The van der Waals surface area contributed by atoms with E-state index < -0.39 is 0 Å². The highest BCUT2D eigenvalue weighted by Gasteiger charge is 2.20. The Morgan fingerprint density at radius 2 is 2.19 bits per heavy atom. The number of likely N-dealkylation sites (N-methyl/N-ethyl adjacent to an activating group) is 1. The van der Waals surface area contributed by atoms with Gasteiger partial charge in [-0.25, -0.2) is 9.97 Å². The summed E-state index contributed by atoms with van der Waals surface area (Å²) in [5, 5.41) is 7.36. The number of ether oxygens (including phenoxy) is 1. The first kappa shape index (κ1) is 20.0. The van der Waals surface area contributed by atoms with Gasteiger partial charge < -0.3 is 20.3 Å². The maximum absolute atomic E-state index is 12.7. The van der Waals surface area contributed by atoms with Gasteiger partial charge in [0.1, 0.15) is 17.0 Å². The van der Waals surface area contributed by atoms with E-state index in [4.69, 9.17) is 4.74 Å². The van der Waals surface area contributed by atoms with Crippen LogP contribution in [0.5, 0.6) is 0 Å². The molecule has 0 spiro atoms. The molecular formula is C19H29N5O2S. The van der Waals surface area contributed by atoms with Gasteiger partial charge in [0.05, 0.1) is 16.4 Å². The highest BCUT2D eigenvalue weighted by atomic mass is 32.1. The first-order valence-electron chi connectivity index (χ1n) is 9.74. The lowest BCUT2D eigenvalue weighted by Gasteiger charge is -2.17. The third-order valence-corrected chi connectivity index (χ3v) is 6.26. The molecule has 1 fully saturated rings. The summed E-state index contributed by atoms with van der Waals surface area (Å²) in [6.07, 6.45) is 3.97. The fourth-order valence-corrected chi connectivity index (χ4v) is 4.45. The molecule has 3 heterocycles. The standard InChI is InChI=1S/C19H29N5O2S/c1-4-24(5-2)9-8-20-18(25)16-13(3)15-17(22-12-23-19(15)27-16)21-11-14-7-6-10-26-14/h12,14H,4-11H2,1-3H3,(H,20,25)(H,21,22,23). The number of nitrogens with zero attached hydrogens (tertiary/aromatic N) is 3. The number of aromatic nitrogens is 2. The molecule has 2 aromatic heterocycles. The quantitative estimate of drug-likeness (QED) is 0.684. The smallest absolute Gasteiger partial charge is 0.261 e. The number of rotatable bonds is 9. The number of fused-ring (bicyclic) bond motifs is 1. The van der Waals surface area contributed by atoms with Crippen molar-refractivity contribution < 1.29 is 9.53 Å². The van der Waals surface area contributed by atoms with Gasteiger partial charge in [0.2, 0.25) is 0 Å². The normalized spacial score (nSPS) is 17.0. The van der Waals surface area contributed by atoms with E-state index in [1.165, 1.54) is 11.3 Å². The van der Waals surface area contributed by atoms with Crippen molar-refractivity contribution in [2.75, 3.05) is 44.6 Å². The number of carbonyl (C=O) groups excluding carboxylic acids is 1. The van der Waals surface area contributed by atoms with E-state index in [0.29, 0.717) is 11.4 Å². The summed E-state index contributed by atoms with van der Waals surface area (Å²) in [5.41, 5.74) is 0.936. The number of anilines is 1. The predicted octanol–water partition coefficient (Wildman–Crippen LogP) is 2.66. The number of aryl methyl sites for hydroxylation is 1. The van der Waals surface area contributed by atoms with E-state index in [9.17, 15) is 4.79 Å². The summed E-state index contributed by atoms with van der Waals surface area (Å²) < 4.78 is 5.67. The number of amides is 1. The third kappa shape index (κ3) is 4.75. The predicted molar refractivity (Wildman–Crippen MR) is 110 cm³/mol. The fourth-order valence-electron chi connectivity index (χ4n) is 3.39. The van der Waals surface area contributed by atoms with Crippen LogP contribution >= 0.6 is 11.3 Å². The third-order valence-electron chi connectivity index (χ3n) is 5.06. The molecule has 148 valence electrons. The highest BCUT2D eigenvalue weighted by Crippen LogP contribution is 2.33. The molecule has 7 nitrogen and oxygen atoms in total. The monoisotopic (exact) mass is 391 g/mol. The zero-order valence-corrected chi connectivity index (χ0v) is 17.2. The molecule has 0 aromatic carbocycles. The van der Waals surface area contributed by atoms with E-state index in [1.54, 1.807) is 6.33 Å². The molecule has 0 bridgehead atoms. The molecule has 1 saturated heterocycles. The van der Waals surface area contributed by atoms with Crippen molar-refractivity contribution in [3.05, 3.63) is 16.8 Å². The van der Waals surface area contributed by atoms with Crippen molar-refractivity contribution in [1.29, 1.82) is 0 Å². The minimum Gasteiger partial charge on any atom is -0.376 e. The Kier molecular flexibility index (Phi) is 6.98. The van der Waals surface area contributed by atoms with Crippen molar-refractivity contribution in [3.8, 4) is 0 Å². The number of nitrogens with one attached hydrogen (secondary N) is 2. The zero-order valence-electron chi connectivity index (χ0n) is 16.4. The SMILES string of the molecule is CCN(CC)CCNC(=O)c1sc2ncnc(NCC3CCCO3)c2c1C. The van der Waals surface area contributed by atoms with Crippen LogP contribution in [-0.2, 0) is 4.74 Å². The minimum atomic E-state index is -0.0345.